The number of rotatable bonds is 10. The molecule has 1 aliphatic heterocycles. The van der Waals surface area contributed by atoms with Gasteiger partial charge in [0.15, 0.2) is 5.72 Å². The summed E-state index contributed by atoms with van der Waals surface area (Å²) in [4.78, 5) is 12.1. The van der Waals surface area contributed by atoms with Crippen LogP contribution in [0.4, 0.5) is 0 Å². The Morgan fingerprint density at radius 3 is 2.46 bits per heavy atom. The first-order valence-corrected chi connectivity index (χ1v) is 8.00. The van der Waals surface area contributed by atoms with E-state index < -0.39 is 5.72 Å². The molecule has 0 fully saturated rings. The van der Waals surface area contributed by atoms with E-state index in [4.69, 9.17) is 24.1 Å². The molecule has 2 rings (SSSR count). The van der Waals surface area contributed by atoms with Gasteiger partial charge in [0, 0.05) is 0 Å². The number of carbonyl (C=O) groups excluding carboxylic acids is 1. The molecule has 1 aromatic carbocycles. The predicted molar refractivity (Wildman–Crippen MR) is 87.0 cm³/mol. The summed E-state index contributed by atoms with van der Waals surface area (Å²) in [5, 5.41) is 11.3. The lowest BCUT2D eigenvalue weighted by molar-refractivity contribution is 0.00444. The van der Waals surface area contributed by atoms with E-state index in [1.807, 2.05) is 6.07 Å². The van der Waals surface area contributed by atoms with Crippen molar-refractivity contribution in [1.29, 1.82) is 0 Å². The second kappa shape index (κ2) is 8.98. The number of carbonyl (C=O) groups is 1. The maximum atomic E-state index is 12.1. The molecule has 1 amide bonds. The van der Waals surface area contributed by atoms with Gasteiger partial charge < -0.3 is 29.4 Å². The zero-order valence-corrected chi connectivity index (χ0v) is 14.2. The van der Waals surface area contributed by atoms with Gasteiger partial charge >= 0.3 is 0 Å². The van der Waals surface area contributed by atoms with Gasteiger partial charge in [0.25, 0.3) is 5.91 Å². The summed E-state index contributed by atoms with van der Waals surface area (Å²) < 4.78 is 21.7. The van der Waals surface area contributed by atoms with Crippen molar-refractivity contribution in [2.24, 2.45) is 0 Å². The molecule has 1 aliphatic rings. The highest BCUT2D eigenvalue weighted by molar-refractivity contribution is 5.98. The Balaban J connectivity index is 1.69. The molecule has 0 radical (unpaired) electrons. The van der Waals surface area contributed by atoms with Crippen molar-refractivity contribution in [3.63, 3.8) is 0 Å². The molecule has 1 aromatic rings. The van der Waals surface area contributed by atoms with Gasteiger partial charge in [0.05, 0.1) is 51.8 Å². The van der Waals surface area contributed by atoms with E-state index in [-0.39, 0.29) is 12.5 Å². The zero-order valence-electron chi connectivity index (χ0n) is 14.2. The van der Waals surface area contributed by atoms with Gasteiger partial charge in [0.2, 0.25) is 0 Å². The van der Waals surface area contributed by atoms with E-state index in [1.54, 1.807) is 26.0 Å². The standard InChI is InChI=1S/C17H25NO6/c1-17(2)18-16(20)14-11-13(3-4-15(14)24-17)12-23-10-9-22-8-7-21-6-5-19/h3-4,11,19H,5-10,12H2,1-2H3,(H,18,20). The number of hydrogen-bond donors (Lipinski definition) is 2. The van der Waals surface area contributed by atoms with Crippen LogP contribution >= 0.6 is 0 Å². The van der Waals surface area contributed by atoms with Crippen LogP contribution in [0.3, 0.4) is 0 Å². The van der Waals surface area contributed by atoms with E-state index in [0.717, 1.165) is 5.56 Å². The third kappa shape index (κ3) is 5.76. The molecule has 24 heavy (non-hydrogen) atoms. The minimum atomic E-state index is -0.694. The molecule has 0 saturated heterocycles. The highest BCUT2D eigenvalue weighted by atomic mass is 16.5. The minimum Gasteiger partial charge on any atom is -0.468 e. The summed E-state index contributed by atoms with van der Waals surface area (Å²) in [6.45, 7) is 6.19. The van der Waals surface area contributed by atoms with Crippen molar-refractivity contribution >= 4 is 5.91 Å². The SMILES string of the molecule is CC1(C)NC(=O)c2cc(COCCOCCOCCO)ccc2O1. The molecular formula is C17H25NO6. The molecule has 1 heterocycles. The molecule has 0 aliphatic carbocycles. The van der Waals surface area contributed by atoms with Gasteiger partial charge in [-0.05, 0) is 31.5 Å². The van der Waals surface area contributed by atoms with Crippen LogP contribution in [0.5, 0.6) is 5.75 Å². The number of aliphatic hydroxyl groups is 1. The fraction of sp³-hybridized carbons (Fsp3) is 0.588. The monoisotopic (exact) mass is 339 g/mol. The van der Waals surface area contributed by atoms with Gasteiger partial charge in [-0.15, -0.1) is 0 Å². The van der Waals surface area contributed by atoms with Crippen LogP contribution in [-0.2, 0) is 20.8 Å². The van der Waals surface area contributed by atoms with Crippen molar-refractivity contribution in [2.75, 3.05) is 39.6 Å². The lowest BCUT2D eigenvalue weighted by atomic mass is 10.1. The maximum absolute atomic E-state index is 12.1. The number of nitrogens with one attached hydrogen (secondary N) is 1. The number of benzene rings is 1. The molecule has 0 atom stereocenters. The van der Waals surface area contributed by atoms with E-state index >= 15 is 0 Å². The van der Waals surface area contributed by atoms with Gasteiger partial charge in [0.1, 0.15) is 5.75 Å². The van der Waals surface area contributed by atoms with E-state index in [1.165, 1.54) is 0 Å². The molecule has 0 spiro atoms. The van der Waals surface area contributed by atoms with Crippen LogP contribution in [0.1, 0.15) is 29.8 Å². The van der Waals surface area contributed by atoms with Crippen LogP contribution in [0, 0.1) is 0 Å². The number of fused-ring (bicyclic) bond motifs is 1. The van der Waals surface area contributed by atoms with E-state index in [0.29, 0.717) is 51.0 Å². The maximum Gasteiger partial charge on any atom is 0.258 e. The first-order valence-electron chi connectivity index (χ1n) is 8.00. The highest BCUT2D eigenvalue weighted by Crippen LogP contribution is 2.28. The van der Waals surface area contributed by atoms with Crippen LogP contribution in [-0.4, -0.2) is 56.4 Å². The Kier molecular flexibility index (Phi) is 6.99. The molecule has 7 nitrogen and oxygen atoms in total. The molecule has 7 heteroatoms. The zero-order chi connectivity index (χ0) is 17.4. The average molecular weight is 339 g/mol. The molecule has 134 valence electrons. The lowest BCUT2D eigenvalue weighted by Crippen LogP contribution is -2.51. The first kappa shape index (κ1) is 18.7. The molecule has 2 N–H and O–H groups in total. The van der Waals surface area contributed by atoms with Crippen LogP contribution in [0.25, 0.3) is 0 Å². The Bertz CT molecular complexity index is 546. The molecular weight excluding hydrogens is 314 g/mol. The van der Waals surface area contributed by atoms with E-state index in [2.05, 4.69) is 5.32 Å². The summed E-state index contributed by atoms with van der Waals surface area (Å²) >= 11 is 0. The lowest BCUT2D eigenvalue weighted by Gasteiger charge is -2.33. The summed E-state index contributed by atoms with van der Waals surface area (Å²) in [6.07, 6.45) is 0. The second-order valence-electron chi connectivity index (χ2n) is 5.90. The summed E-state index contributed by atoms with van der Waals surface area (Å²) in [5.41, 5.74) is 0.728. The Morgan fingerprint density at radius 1 is 1.08 bits per heavy atom. The van der Waals surface area contributed by atoms with Crippen LogP contribution < -0.4 is 10.1 Å². The Morgan fingerprint density at radius 2 is 1.75 bits per heavy atom. The van der Waals surface area contributed by atoms with Gasteiger partial charge in [-0.25, -0.2) is 0 Å². The fourth-order valence-electron chi connectivity index (χ4n) is 2.27. The summed E-state index contributed by atoms with van der Waals surface area (Å²) in [6, 6.07) is 5.46. The predicted octanol–water partition coefficient (Wildman–Crippen LogP) is 1.09. The average Bonchev–Trinajstić information content (AvgIpc) is 2.53. The number of amides is 1. The van der Waals surface area contributed by atoms with Gasteiger partial charge in [-0.1, -0.05) is 6.07 Å². The van der Waals surface area contributed by atoms with Crippen molar-refractivity contribution in [3.8, 4) is 5.75 Å². The van der Waals surface area contributed by atoms with Crippen LogP contribution in [0.15, 0.2) is 18.2 Å². The minimum absolute atomic E-state index is 0.0183. The first-order chi connectivity index (χ1) is 11.5. The summed E-state index contributed by atoms with van der Waals surface area (Å²) in [5.74, 6) is 0.438. The molecule has 0 aromatic heterocycles. The van der Waals surface area contributed by atoms with Crippen LogP contribution in [0.2, 0.25) is 0 Å². The molecule has 0 saturated carbocycles. The van der Waals surface area contributed by atoms with Crippen molar-refractivity contribution < 1.29 is 28.8 Å². The third-order valence-electron chi connectivity index (χ3n) is 3.32. The summed E-state index contributed by atoms with van der Waals surface area (Å²) in [7, 11) is 0. The molecule has 0 unspecified atom stereocenters. The molecule has 0 bridgehead atoms. The van der Waals surface area contributed by atoms with Crippen molar-refractivity contribution in [3.05, 3.63) is 29.3 Å². The largest absolute Gasteiger partial charge is 0.468 e. The number of aliphatic hydroxyl groups excluding tert-OH is 1. The smallest absolute Gasteiger partial charge is 0.258 e. The van der Waals surface area contributed by atoms with Gasteiger partial charge in [-0.2, -0.15) is 0 Å². The quantitative estimate of drug-likeness (QED) is 0.621. The normalized spacial score (nSPS) is 15.5. The Hall–Kier alpha value is -1.67. The second-order valence-corrected chi connectivity index (χ2v) is 5.90. The highest BCUT2D eigenvalue weighted by Gasteiger charge is 2.31. The number of hydrogen-bond acceptors (Lipinski definition) is 6. The van der Waals surface area contributed by atoms with Gasteiger partial charge in [-0.3, -0.25) is 4.79 Å². The third-order valence-corrected chi connectivity index (χ3v) is 3.32. The van der Waals surface area contributed by atoms with E-state index in [9.17, 15) is 4.79 Å². The topological polar surface area (TPSA) is 86.3 Å². The number of ether oxygens (including phenoxy) is 4. The Labute approximate surface area is 141 Å². The fourth-order valence-corrected chi connectivity index (χ4v) is 2.27. The van der Waals surface area contributed by atoms with Crippen molar-refractivity contribution in [1.82, 2.24) is 5.32 Å². The van der Waals surface area contributed by atoms with Crippen molar-refractivity contribution in [2.45, 2.75) is 26.2 Å².